The Bertz CT molecular complexity index is 1090. The fraction of sp³-hybridized carbons (Fsp3) is 0.217. The zero-order chi connectivity index (χ0) is 21.1. The average molecular weight is 423 g/mol. The number of hydrogen-bond acceptors (Lipinski definition) is 6. The van der Waals surface area contributed by atoms with Gasteiger partial charge in [-0.15, -0.1) is 11.3 Å². The minimum atomic E-state index is -0.919. The largest absolute Gasteiger partial charge is 0.486 e. The Balaban J connectivity index is 1.41. The lowest BCUT2D eigenvalue weighted by Gasteiger charge is -2.18. The van der Waals surface area contributed by atoms with Crippen LogP contribution in [0, 0.1) is 6.92 Å². The number of aryl methyl sites for hydroxylation is 1. The molecule has 0 aliphatic carbocycles. The van der Waals surface area contributed by atoms with Crippen molar-refractivity contribution in [2.24, 2.45) is 0 Å². The Morgan fingerprint density at radius 3 is 2.60 bits per heavy atom. The SMILES string of the molecule is Cc1ccccc1NC(=O)C(C)OC(=O)c1ccc(-c2ccc3c(c2)OCCO3)s1. The Morgan fingerprint density at radius 2 is 1.80 bits per heavy atom. The van der Waals surface area contributed by atoms with Crippen LogP contribution in [0.1, 0.15) is 22.2 Å². The molecule has 2 heterocycles. The maximum absolute atomic E-state index is 12.5. The van der Waals surface area contributed by atoms with Crippen LogP contribution in [0.4, 0.5) is 5.69 Å². The zero-order valence-corrected chi connectivity index (χ0v) is 17.5. The fourth-order valence-corrected chi connectivity index (χ4v) is 3.90. The smallest absolute Gasteiger partial charge is 0.349 e. The highest BCUT2D eigenvalue weighted by Gasteiger charge is 2.21. The summed E-state index contributed by atoms with van der Waals surface area (Å²) in [6.45, 7) is 4.51. The number of carbonyl (C=O) groups is 2. The maximum atomic E-state index is 12.5. The predicted octanol–water partition coefficient (Wildman–Crippen LogP) is 4.68. The second-order valence-corrected chi connectivity index (χ2v) is 7.96. The third kappa shape index (κ3) is 4.31. The van der Waals surface area contributed by atoms with Crippen molar-refractivity contribution in [2.45, 2.75) is 20.0 Å². The lowest BCUT2D eigenvalue weighted by molar-refractivity contribution is -0.123. The van der Waals surface area contributed by atoms with Gasteiger partial charge in [0.2, 0.25) is 0 Å². The van der Waals surface area contributed by atoms with Gasteiger partial charge in [-0.3, -0.25) is 4.79 Å². The summed E-state index contributed by atoms with van der Waals surface area (Å²) in [6, 6.07) is 16.7. The molecular weight excluding hydrogens is 402 g/mol. The van der Waals surface area contributed by atoms with Gasteiger partial charge in [-0.05, 0) is 61.4 Å². The molecule has 3 aromatic rings. The fourth-order valence-electron chi connectivity index (χ4n) is 3.02. The summed E-state index contributed by atoms with van der Waals surface area (Å²) in [4.78, 5) is 26.2. The normalized spacial score (nSPS) is 13.4. The number of rotatable bonds is 5. The molecule has 7 heteroatoms. The lowest BCUT2D eigenvalue weighted by Crippen LogP contribution is -2.30. The van der Waals surface area contributed by atoms with Crippen LogP contribution in [0.5, 0.6) is 11.5 Å². The van der Waals surface area contributed by atoms with E-state index < -0.39 is 12.1 Å². The second kappa shape index (κ2) is 8.59. The van der Waals surface area contributed by atoms with Crippen molar-refractivity contribution < 1.29 is 23.8 Å². The highest BCUT2D eigenvalue weighted by Crippen LogP contribution is 2.37. The maximum Gasteiger partial charge on any atom is 0.349 e. The van der Waals surface area contributed by atoms with Crippen LogP contribution in [0.2, 0.25) is 0 Å². The molecule has 1 amide bonds. The standard InChI is InChI=1S/C23H21NO5S/c1-14-5-3-4-6-17(14)24-22(25)15(2)29-23(26)21-10-9-20(30-21)16-7-8-18-19(13-16)28-12-11-27-18/h3-10,13,15H,11-12H2,1-2H3,(H,24,25). The van der Waals surface area contributed by atoms with Crippen LogP contribution >= 0.6 is 11.3 Å². The number of hydrogen-bond donors (Lipinski definition) is 1. The molecule has 1 aromatic heterocycles. The van der Waals surface area contributed by atoms with Crippen molar-refractivity contribution in [3.63, 3.8) is 0 Å². The molecule has 1 atom stereocenters. The van der Waals surface area contributed by atoms with Crippen molar-refractivity contribution in [2.75, 3.05) is 18.5 Å². The van der Waals surface area contributed by atoms with E-state index in [1.807, 2.05) is 49.4 Å². The van der Waals surface area contributed by atoms with Crippen LogP contribution in [-0.2, 0) is 9.53 Å². The minimum absolute atomic E-state index is 0.374. The van der Waals surface area contributed by atoms with Gasteiger partial charge in [0.1, 0.15) is 18.1 Å². The van der Waals surface area contributed by atoms with Gasteiger partial charge in [-0.1, -0.05) is 18.2 Å². The second-order valence-electron chi connectivity index (χ2n) is 6.87. The Hall–Kier alpha value is -3.32. The molecule has 4 rings (SSSR count). The monoisotopic (exact) mass is 423 g/mol. The number of thiophene rings is 1. The van der Waals surface area contributed by atoms with Gasteiger partial charge in [0.15, 0.2) is 17.6 Å². The molecule has 0 radical (unpaired) electrons. The van der Waals surface area contributed by atoms with Crippen molar-refractivity contribution in [3.8, 4) is 21.9 Å². The molecule has 1 aliphatic heterocycles. The third-order valence-corrected chi connectivity index (χ3v) is 5.80. The summed E-state index contributed by atoms with van der Waals surface area (Å²) >= 11 is 1.30. The lowest BCUT2D eigenvalue weighted by atomic mass is 10.1. The predicted molar refractivity (Wildman–Crippen MR) is 115 cm³/mol. The first-order chi connectivity index (χ1) is 14.5. The van der Waals surface area contributed by atoms with Gasteiger partial charge in [0, 0.05) is 10.6 Å². The molecule has 1 N–H and O–H groups in total. The first kappa shape index (κ1) is 20.0. The highest BCUT2D eigenvalue weighted by molar-refractivity contribution is 7.17. The average Bonchev–Trinajstić information content (AvgIpc) is 3.25. The molecule has 0 bridgehead atoms. The van der Waals surface area contributed by atoms with Crippen LogP contribution in [0.25, 0.3) is 10.4 Å². The molecule has 1 aliphatic rings. The molecule has 2 aromatic carbocycles. The zero-order valence-electron chi connectivity index (χ0n) is 16.6. The summed E-state index contributed by atoms with van der Waals surface area (Å²) < 4.78 is 16.5. The van der Waals surface area contributed by atoms with Gasteiger partial charge < -0.3 is 19.5 Å². The van der Waals surface area contributed by atoms with E-state index in [9.17, 15) is 9.59 Å². The van der Waals surface area contributed by atoms with E-state index in [0.717, 1.165) is 21.8 Å². The van der Waals surface area contributed by atoms with E-state index in [1.165, 1.54) is 11.3 Å². The number of para-hydroxylation sites is 1. The van der Waals surface area contributed by atoms with Gasteiger partial charge in [0.05, 0.1) is 0 Å². The van der Waals surface area contributed by atoms with Crippen molar-refractivity contribution in [1.29, 1.82) is 0 Å². The van der Waals surface area contributed by atoms with Crippen molar-refractivity contribution >= 4 is 28.9 Å². The molecule has 0 spiro atoms. The van der Waals surface area contributed by atoms with Gasteiger partial charge >= 0.3 is 5.97 Å². The number of anilines is 1. The summed E-state index contributed by atoms with van der Waals surface area (Å²) in [7, 11) is 0. The molecule has 1 unspecified atom stereocenters. The Labute approximate surface area is 178 Å². The van der Waals surface area contributed by atoms with Crippen LogP contribution in [-0.4, -0.2) is 31.2 Å². The molecule has 6 nitrogen and oxygen atoms in total. The van der Waals surface area contributed by atoms with Crippen molar-refractivity contribution in [1.82, 2.24) is 0 Å². The Kier molecular flexibility index (Phi) is 5.72. The van der Waals surface area contributed by atoms with Crippen LogP contribution in [0.3, 0.4) is 0 Å². The number of esters is 1. The van der Waals surface area contributed by atoms with Crippen molar-refractivity contribution in [3.05, 3.63) is 65.0 Å². The van der Waals surface area contributed by atoms with E-state index in [1.54, 1.807) is 19.1 Å². The summed E-state index contributed by atoms with van der Waals surface area (Å²) in [6.07, 6.45) is -0.919. The number of benzene rings is 2. The third-order valence-electron chi connectivity index (χ3n) is 4.69. The quantitative estimate of drug-likeness (QED) is 0.603. The molecular formula is C23H21NO5S. The molecule has 0 fully saturated rings. The van der Waals surface area contributed by atoms with E-state index in [2.05, 4.69) is 5.32 Å². The summed E-state index contributed by atoms with van der Waals surface area (Å²) in [5.41, 5.74) is 2.56. The van der Waals surface area contributed by atoms with Gasteiger partial charge in [0.25, 0.3) is 5.91 Å². The van der Waals surface area contributed by atoms with Crippen LogP contribution in [0.15, 0.2) is 54.6 Å². The topological polar surface area (TPSA) is 73.9 Å². The van der Waals surface area contributed by atoms with Gasteiger partial charge in [-0.25, -0.2) is 4.79 Å². The summed E-state index contributed by atoms with van der Waals surface area (Å²) in [5.74, 6) is 0.505. The van der Waals surface area contributed by atoms with E-state index in [0.29, 0.717) is 29.5 Å². The highest BCUT2D eigenvalue weighted by atomic mass is 32.1. The number of amides is 1. The molecule has 154 valence electrons. The minimum Gasteiger partial charge on any atom is -0.486 e. The molecule has 0 saturated heterocycles. The summed E-state index contributed by atoms with van der Waals surface area (Å²) in [5, 5.41) is 2.79. The van der Waals surface area contributed by atoms with Gasteiger partial charge in [-0.2, -0.15) is 0 Å². The first-order valence-corrected chi connectivity index (χ1v) is 10.4. The number of fused-ring (bicyclic) bond motifs is 1. The number of carbonyl (C=O) groups excluding carboxylic acids is 2. The van der Waals surface area contributed by atoms with E-state index >= 15 is 0 Å². The molecule has 0 saturated carbocycles. The van der Waals surface area contributed by atoms with E-state index in [4.69, 9.17) is 14.2 Å². The molecule has 30 heavy (non-hydrogen) atoms. The number of nitrogens with one attached hydrogen (secondary N) is 1. The first-order valence-electron chi connectivity index (χ1n) is 9.58. The number of ether oxygens (including phenoxy) is 3. The Morgan fingerprint density at radius 1 is 1.03 bits per heavy atom. The van der Waals surface area contributed by atoms with E-state index in [-0.39, 0.29) is 5.91 Å². The van der Waals surface area contributed by atoms with Crippen LogP contribution < -0.4 is 14.8 Å².